The topological polar surface area (TPSA) is 54.3 Å². The monoisotopic (exact) mass is 389 g/mol. The Hall–Kier alpha value is -2.99. The van der Waals surface area contributed by atoms with Crippen LogP contribution in [0.15, 0.2) is 47.4 Å². The van der Waals surface area contributed by atoms with Crippen molar-refractivity contribution in [2.45, 2.75) is 47.3 Å². The lowest BCUT2D eigenvalue weighted by Gasteiger charge is -2.39. The van der Waals surface area contributed by atoms with Crippen LogP contribution in [0.25, 0.3) is 0 Å². The second-order valence-electron chi connectivity index (χ2n) is 7.64. The van der Waals surface area contributed by atoms with Crippen LogP contribution in [-0.4, -0.2) is 26.1 Å². The van der Waals surface area contributed by atoms with Crippen molar-refractivity contribution >= 4 is 11.6 Å². The number of anilines is 2. The van der Waals surface area contributed by atoms with Crippen LogP contribution in [0.2, 0.25) is 0 Å². The van der Waals surface area contributed by atoms with Gasteiger partial charge in [0.2, 0.25) is 5.95 Å². The zero-order valence-corrected chi connectivity index (χ0v) is 17.5. The van der Waals surface area contributed by atoms with E-state index < -0.39 is 0 Å². The van der Waals surface area contributed by atoms with Crippen molar-refractivity contribution < 1.29 is 0 Å². The maximum atomic E-state index is 13.2. The third-order valence-corrected chi connectivity index (χ3v) is 5.71. The molecular formula is C23H27N5O. The van der Waals surface area contributed by atoms with Crippen LogP contribution >= 0.6 is 0 Å². The predicted octanol–water partition coefficient (Wildman–Crippen LogP) is 3.69. The molecule has 6 heteroatoms. The standard InChI is InChI=1S/C23H27N5O/c1-5-20-18(4)25-23-27(21-11-8-9-16(2)17(21)3)14-26(15-28(23)22(20)29)13-19-10-6-7-12-24-19/h6-12H,5,13-15H2,1-4H3. The van der Waals surface area contributed by atoms with Gasteiger partial charge in [-0.05, 0) is 56.5 Å². The molecule has 0 saturated heterocycles. The van der Waals surface area contributed by atoms with E-state index in [1.54, 1.807) is 4.57 Å². The van der Waals surface area contributed by atoms with Crippen LogP contribution in [0.1, 0.15) is 35.0 Å². The van der Waals surface area contributed by atoms with E-state index in [1.165, 1.54) is 11.1 Å². The van der Waals surface area contributed by atoms with E-state index in [0.29, 0.717) is 26.3 Å². The molecule has 29 heavy (non-hydrogen) atoms. The van der Waals surface area contributed by atoms with Crippen molar-refractivity contribution in [2.75, 3.05) is 11.6 Å². The van der Waals surface area contributed by atoms with Crippen LogP contribution in [0.4, 0.5) is 11.6 Å². The van der Waals surface area contributed by atoms with E-state index in [9.17, 15) is 4.79 Å². The Morgan fingerprint density at radius 3 is 2.59 bits per heavy atom. The van der Waals surface area contributed by atoms with E-state index in [4.69, 9.17) is 4.98 Å². The molecule has 0 aliphatic carbocycles. The van der Waals surface area contributed by atoms with Crippen molar-refractivity contribution in [3.8, 4) is 0 Å². The Morgan fingerprint density at radius 2 is 1.86 bits per heavy atom. The number of nitrogens with zero attached hydrogens (tertiary/aromatic N) is 5. The van der Waals surface area contributed by atoms with Crippen molar-refractivity contribution in [3.05, 3.63) is 81.0 Å². The van der Waals surface area contributed by atoms with Gasteiger partial charge in [-0.15, -0.1) is 0 Å². The lowest BCUT2D eigenvalue weighted by molar-refractivity contribution is 0.187. The van der Waals surface area contributed by atoms with Gasteiger partial charge >= 0.3 is 0 Å². The van der Waals surface area contributed by atoms with Gasteiger partial charge in [-0.3, -0.25) is 24.1 Å². The van der Waals surface area contributed by atoms with Gasteiger partial charge in [-0.1, -0.05) is 25.1 Å². The number of pyridine rings is 1. The summed E-state index contributed by atoms with van der Waals surface area (Å²) in [5.74, 6) is 0.718. The number of aryl methyl sites for hydroxylation is 2. The highest BCUT2D eigenvalue weighted by Gasteiger charge is 2.28. The molecule has 0 saturated carbocycles. The van der Waals surface area contributed by atoms with Crippen LogP contribution < -0.4 is 10.5 Å². The summed E-state index contributed by atoms with van der Waals surface area (Å²) in [4.78, 5) is 27.0. The molecule has 0 atom stereocenters. The Morgan fingerprint density at radius 1 is 1.03 bits per heavy atom. The van der Waals surface area contributed by atoms with Gasteiger partial charge in [0.15, 0.2) is 0 Å². The number of rotatable bonds is 4. The third kappa shape index (κ3) is 3.56. The average molecular weight is 390 g/mol. The predicted molar refractivity (Wildman–Crippen MR) is 115 cm³/mol. The van der Waals surface area contributed by atoms with Gasteiger partial charge in [-0.2, -0.15) is 0 Å². The fourth-order valence-electron chi connectivity index (χ4n) is 3.97. The molecule has 3 aromatic rings. The molecule has 150 valence electrons. The van der Waals surface area contributed by atoms with Gasteiger partial charge in [0.05, 0.1) is 19.0 Å². The van der Waals surface area contributed by atoms with Crippen molar-refractivity contribution in [1.82, 2.24) is 19.4 Å². The minimum absolute atomic E-state index is 0.0519. The van der Waals surface area contributed by atoms with E-state index >= 15 is 0 Å². The van der Waals surface area contributed by atoms with Gasteiger partial charge in [0.1, 0.15) is 0 Å². The van der Waals surface area contributed by atoms with Crippen molar-refractivity contribution in [1.29, 1.82) is 0 Å². The molecule has 0 amide bonds. The highest BCUT2D eigenvalue weighted by molar-refractivity contribution is 5.64. The number of hydrogen-bond donors (Lipinski definition) is 0. The van der Waals surface area contributed by atoms with Gasteiger partial charge in [0, 0.05) is 29.7 Å². The molecule has 1 aliphatic heterocycles. The van der Waals surface area contributed by atoms with Gasteiger partial charge < -0.3 is 0 Å². The van der Waals surface area contributed by atoms with Crippen molar-refractivity contribution in [3.63, 3.8) is 0 Å². The molecule has 0 N–H and O–H groups in total. The fraction of sp³-hybridized carbons (Fsp3) is 0.348. The molecule has 1 aromatic carbocycles. The second kappa shape index (κ2) is 7.79. The van der Waals surface area contributed by atoms with E-state index in [1.807, 2.05) is 38.2 Å². The molecule has 2 aromatic heterocycles. The number of benzene rings is 1. The highest BCUT2D eigenvalue weighted by atomic mass is 16.1. The largest absolute Gasteiger partial charge is 0.298 e. The SMILES string of the molecule is CCc1c(C)nc2n(c1=O)CN(Cc1ccccn1)CN2c1cccc(C)c1C. The lowest BCUT2D eigenvalue weighted by atomic mass is 10.1. The van der Waals surface area contributed by atoms with Gasteiger partial charge in [0.25, 0.3) is 5.56 Å². The third-order valence-electron chi connectivity index (χ3n) is 5.71. The molecule has 3 heterocycles. The molecular weight excluding hydrogens is 362 g/mol. The molecule has 6 nitrogen and oxygen atoms in total. The molecule has 0 radical (unpaired) electrons. The van der Waals surface area contributed by atoms with Crippen LogP contribution in [-0.2, 0) is 19.6 Å². The Bertz CT molecular complexity index is 1090. The van der Waals surface area contributed by atoms with Gasteiger partial charge in [-0.25, -0.2) is 4.98 Å². The Labute approximate surface area is 171 Å². The summed E-state index contributed by atoms with van der Waals surface area (Å²) in [6.45, 7) is 10.0. The summed E-state index contributed by atoms with van der Waals surface area (Å²) >= 11 is 0. The molecule has 0 fully saturated rings. The first-order valence-electron chi connectivity index (χ1n) is 10.1. The number of fused-ring (bicyclic) bond motifs is 1. The lowest BCUT2D eigenvalue weighted by Crippen LogP contribution is -2.47. The Kier molecular flexibility index (Phi) is 5.20. The molecule has 1 aliphatic rings. The first kappa shape index (κ1) is 19.3. The normalized spacial score (nSPS) is 14.1. The summed E-state index contributed by atoms with van der Waals surface area (Å²) in [5.41, 5.74) is 6.15. The zero-order chi connectivity index (χ0) is 20.5. The zero-order valence-electron chi connectivity index (χ0n) is 17.5. The van der Waals surface area contributed by atoms with E-state index in [0.717, 1.165) is 28.6 Å². The minimum Gasteiger partial charge on any atom is -0.298 e. The first-order chi connectivity index (χ1) is 14.0. The summed E-state index contributed by atoms with van der Waals surface area (Å²) in [6.07, 6.45) is 2.49. The van der Waals surface area contributed by atoms with E-state index in [2.05, 4.69) is 46.8 Å². The smallest absolute Gasteiger partial charge is 0.259 e. The fourth-order valence-corrected chi connectivity index (χ4v) is 3.97. The maximum absolute atomic E-state index is 13.2. The van der Waals surface area contributed by atoms with Crippen LogP contribution in [0, 0.1) is 20.8 Å². The summed E-state index contributed by atoms with van der Waals surface area (Å²) in [7, 11) is 0. The van der Waals surface area contributed by atoms with Crippen LogP contribution in [0.5, 0.6) is 0 Å². The molecule has 0 unspecified atom stereocenters. The summed E-state index contributed by atoms with van der Waals surface area (Å²) < 4.78 is 1.81. The molecule has 4 rings (SSSR count). The Balaban J connectivity index is 1.84. The molecule has 0 spiro atoms. The molecule has 0 bridgehead atoms. The second-order valence-corrected chi connectivity index (χ2v) is 7.64. The first-order valence-corrected chi connectivity index (χ1v) is 10.1. The number of aromatic nitrogens is 3. The quantitative estimate of drug-likeness (QED) is 0.681. The van der Waals surface area contributed by atoms with Crippen LogP contribution in [0.3, 0.4) is 0 Å². The van der Waals surface area contributed by atoms with E-state index in [-0.39, 0.29) is 5.56 Å². The highest BCUT2D eigenvalue weighted by Crippen LogP contribution is 2.31. The van der Waals surface area contributed by atoms with Crippen molar-refractivity contribution in [2.24, 2.45) is 0 Å². The minimum atomic E-state index is 0.0519. The maximum Gasteiger partial charge on any atom is 0.259 e. The number of hydrogen-bond acceptors (Lipinski definition) is 5. The average Bonchev–Trinajstić information content (AvgIpc) is 2.71. The summed E-state index contributed by atoms with van der Waals surface area (Å²) in [5, 5.41) is 0. The summed E-state index contributed by atoms with van der Waals surface area (Å²) in [6, 6.07) is 12.2.